The minimum absolute atomic E-state index is 0.0231. The minimum atomic E-state index is -0.541. The lowest BCUT2D eigenvalue weighted by Crippen LogP contribution is -2.18. The van der Waals surface area contributed by atoms with Gasteiger partial charge in [0.1, 0.15) is 0 Å². The first-order valence-corrected chi connectivity index (χ1v) is 6.26. The molecule has 0 unspecified atom stereocenters. The number of rotatable bonds is 3. The van der Waals surface area contributed by atoms with E-state index in [-0.39, 0.29) is 11.8 Å². The second-order valence-electron chi connectivity index (χ2n) is 4.33. The Labute approximate surface area is 117 Å². The maximum Gasteiger partial charge on any atom is 0.344 e. The molecule has 0 spiro atoms. The van der Waals surface area contributed by atoms with Crippen molar-refractivity contribution in [2.45, 2.75) is 12.8 Å². The second-order valence-corrected chi connectivity index (χ2v) is 4.33. The smallest absolute Gasteiger partial charge is 0.344 e. The van der Waals surface area contributed by atoms with E-state index in [1.807, 2.05) is 43.3 Å². The Bertz CT molecular complexity index is 594. The molecule has 2 rings (SSSR count). The number of nitrogens with zero attached hydrogens (tertiary/aromatic N) is 1. The van der Waals surface area contributed by atoms with Crippen LogP contribution in [0.15, 0.2) is 65.8 Å². The van der Waals surface area contributed by atoms with Gasteiger partial charge in [0.15, 0.2) is 0 Å². The molecule has 1 N–H and O–H groups in total. The fraction of sp³-hybridized carbons (Fsp3) is 0.125. The van der Waals surface area contributed by atoms with Gasteiger partial charge < -0.3 is 9.94 Å². The van der Waals surface area contributed by atoms with Gasteiger partial charge in [0.2, 0.25) is 5.90 Å². The summed E-state index contributed by atoms with van der Waals surface area (Å²) in [6.45, 7) is 1.81. The van der Waals surface area contributed by atoms with Gasteiger partial charge in [0, 0.05) is 0 Å². The normalized spacial score (nSPS) is 12.8. The minimum Gasteiger partial charge on any atom is -0.408 e. The standard InChI is InChI=1S/C16H15NO3/c1-12(13-8-4-2-5-9-13)15(17-19)20-16(18)14-10-6-3-7-11-14/h2-12,19H,1H3/b17-15+/t12-/m1/s1. The van der Waals surface area contributed by atoms with Crippen LogP contribution in [0.4, 0.5) is 0 Å². The first-order chi connectivity index (χ1) is 9.72. The summed E-state index contributed by atoms with van der Waals surface area (Å²) in [5, 5.41) is 12.2. The van der Waals surface area contributed by atoms with Crippen LogP contribution in [-0.4, -0.2) is 17.1 Å². The highest BCUT2D eigenvalue weighted by molar-refractivity contribution is 6.00. The van der Waals surface area contributed by atoms with Crippen LogP contribution in [0.5, 0.6) is 0 Å². The second kappa shape index (κ2) is 6.52. The molecule has 0 heterocycles. The fourth-order valence-corrected chi connectivity index (χ4v) is 1.81. The van der Waals surface area contributed by atoms with Crippen molar-refractivity contribution in [3.05, 3.63) is 71.8 Å². The number of hydrogen-bond acceptors (Lipinski definition) is 4. The van der Waals surface area contributed by atoms with Crippen LogP contribution >= 0.6 is 0 Å². The Kier molecular flexibility index (Phi) is 4.50. The third kappa shape index (κ3) is 3.23. The van der Waals surface area contributed by atoms with Crippen molar-refractivity contribution in [2.75, 3.05) is 0 Å². The van der Waals surface area contributed by atoms with Gasteiger partial charge in [-0.25, -0.2) is 4.79 Å². The first kappa shape index (κ1) is 13.8. The molecule has 0 saturated carbocycles. The zero-order valence-electron chi connectivity index (χ0n) is 11.1. The maximum absolute atomic E-state index is 11.9. The number of ether oxygens (including phenoxy) is 1. The van der Waals surface area contributed by atoms with Gasteiger partial charge in [-0.05, 0) is 24.6 Å². The summed E-state index contributed by atoms with van der Waals surface area (Å²) in [6.07, 6.45) is 0. The van der Waals surface area contributed by atoms with Crippen LogP contribution in [0.1, 0.15) is 28.8 Å². The van der Waals surface area contributed by atoms with E-state index in [0.717, 1.165) is 5.56 Å². The number of carbonyl (C=O) groups is 1. The lowest BCUT2D eigenvalue weighted by molar-refractivity contribution is 0.0698. The summed E-state index contributed by atoms with van der Waals surface area (Å²) >= 11 is 0. The van der Waals surface area contributed by atoms with Gasteiger partial charge in [-0.2, -0.15) is 0 Å². The molecular formula is C16H15NO3. The average molecular weight is 269 g/mol. The Morgan fingerprint density at radius 2 is 1.60 bits per heavy atom. The molecule has 4 nitrogen and oxygen atoms in total. The summed E-state index contributed by atoms with van der Waals surface area (Å²) < 4.78 is 5.16. The molecule has 20 heavy (non-hydrogen) atoms. The third-order valence-electron chi connectivity index (χ3n) is 2.98. The number of hydrogen-bond donors (Lipinski definition) is 1. The number of oxime groups is 1. The molecule has 0 aliphatic heterocycles. The SMILES string of the molecule is C[C@@H](/C(=N\O)OC(=O)c1ccccc1)c1ccccc1. The van der Waals surface area contributed by atoms with Crippen LogP contribution in [0, 0.1) is 0 Å². The quantitative estimate of drug-likeness (QED) is 0.305. The molecule has 0 bridgehead atoms. The Hall–Kier alpha value is -2.62. The lowest BCUT2D eigenvalue weighted by atomic mass is 10.0. The molecule has 1 atom stereocenters. The van der Waals surface area contributed by atoms with E-state index in [1.54, 1.807) is 24.3 Å². The largest absolute Gasteiger partial charge is 0.408 e. The predicted octanol–water partition coefficient (Wildman–Crippen LogP) is 3.43. The summed E-state index contributed by atoms with van der Waals surface area (Å²) in [5.41, 5.74) is 1.31. The van der Waals surface area contributed by atoms with E-state index >= 15 is 0 Å². The van der Waals surface area contributed by atoms with Crippen molar-refractivity contribution in [1.29, 1.82) is 0 Å². The van der Waals surface area contributed by atoms with E-state index in [1.165, 1.54) is 0 Å². The Morgan fingerprint density at radius 1 is 1.05 bits per heavy atom. The van der Waals surface area contributed by atoms with Gasteiger partial charge in [0.25, 0.3) is 0 Å². The van der Waals surface area contributed by atoms with Crippen molar-refractivity contribution in [3.63, 3.8) is 0 Å². The van der Waals surface area contributed by atoms with Gasteiger partial charge in [-0.1, -0.05) is 53.7 Å². The lowest BCUT2D eigenvalue weighted by Gasteiger charge is -2.13. The van der Waals surface area contributed by atoms with Crippen molar-refractivity contribution in [1.82, 2.24) is 0 Å². The number of benzene rings is 2. The fourth-order valence-electron chi connectivity index (χ4n) is 1.81. The summed E-state index contributed by atoms with van der Waals surface area (Å²) in [4.78, 5) is 11.9. The Balaban J connectivity index is 2.13. The molecular weight excluding hydrogens is 254 g/mol. The highest BCUT2D eigenvalue weighted by Gasteiger charge is 2.19. The number of esters is 1. The van der Waals surface area contributed by atoms with Crippen molar-refractivity contribution in [2.24, 2.45) is 5.16 Å². The molecule has 2 aromatic carbocycles. The highest BCUT2D eigenvalue weighted by atomic mass is 16.6. The summed E-state index contributed by atoms with van der Waals surface area (Å²) in [7, 11) is 0. The van der Waals surface area contributed by atoms with Gasteiger partial charge in [-0.3, -0.25) is 0 Å². The molecule has 4 heteroatoms. The highest BCUT2D eigenvalue weighted by Crippen LogP contribution is 2.18. The van der Waals surface area contributed by atoms with E-state index in [9.17, 15) is 4.79 Å². The molecule has 0 aliphatic rings. The molecule has 0 radical (unpaired) electrons. The topological polar surface area (TPSA) is 58.9 Å². The third-order valence-corrected chi connectivity index (χ3v) is 2.98. The molecule has 102 valence electrons. The zero-order valence-corrected chi connectivity index (χ0v) is 11.1. The van der Waals surface area contributed by atoms with Crippen molar-refractivity contribution < 1.29 is 14.7 Å². The molecule has 0 amide bonds. The van der Waals surface area contributed by atoms with E-state index in [4.69, 9.17) is 9.94 Å². The molecule has 0 aromatic heterocycles. The summed E-state index contributed by atoms with van der Waals surface area (Å²) in [6, 6.07) is 18.0. The van der Waals surface area contributed by atoms with Gasteiger partial charge >= 0.3 is 5.97 Å². The average Bonchev–Trinajstić information content (AvgIpc) is 2.53. The predicted molar refractivity (Wildman–Crippen MR) is 75.9 cm³/mol. The molecule has 0 fully saturated rings. The van der Waals surface area contributed by atoms with Gasteiger partial charge in [-0.15, -0.1) is 0 Å². The first-order valence-electron chi connectivity index (χ1n) is 6.26. The van der Waals surface area contributed by atoms with Gasteiger partial charge in [0.05, 0.1) is 11.5 Å². The van der Waals surface area contributed by atoms with Crippen molar-refractivity contribution in [3.8, 4) is 0 Å². The van der Waals surface area contributed by atoms with Crippen LogP contribution in [0.3, 0.4) is 0 Å². The van der Waals surface area contributed by atoms with Crippen LogP contribution in [-0.2, 0) is 4.74 Å². The van der Waals surface area contributed by atoms with Crippen LogP contribution in [0.2, 0.25) is 0 Å². The zero-order chi connectivity index (χ0) is 14.4. The summed E-state index contributed by atoms with van der Waals surface area (Å²) in [5.74, 6) is -0.875. The Morgan fingerprint density at radius 3 is 2.15 bits per heavy atom. The van der Waals surface area contributed by atoms with Crippen LogP contribution < -0.4 is 0 Å². The van der Waals surface area contributed by atoms with Crippen molar-refractivity contribution >= 4 is 11.9 Å². The number of carbonyl (C=O) groups excluding carboxylic acids is 1. The van der Waals surface area contributed by atoms with E-state index in [0.29, 0.717) is 5.56 Å². The van der Waals surface area contributed by atoms with Crippen LogP contribution in [0.25, 0.3) is 0 Å². The maximum atomic E-state index is 11.9. The molecule has 2 aromatic rings. The monoisotopic (exact) mass is 269 g/mol. The van der Waals surface area contributed by atoms with E-state index < -0.39 is 5.97 Å². The molecule has 0 saturated heterocycles. The molecule has 0 aliphatic carbocycles. The van der Waals surface area contributed by atoms with E-state index in [2.05, 4.69) is 5.16 Å².